The zero-order chi connectivity index (χ0) is 13.3. The van der Waals surface area contributed by atoms with Crippen molar-refractivity contribution in [2.75, 3.05) is 0 Å². The van der Waals surface area contributed by atoms with Crippen LogP contribution < -0.4 is 0 Å². The fraction of sp³-hybridized carbons (Fsp3) is 0. The molecule has 1 aromatic carbocycles. The lowest BCUT2D eigenvalue weighted by Crippen LogP contribution is -2.02. The summed E-state index contributed by atoms with van der Waals surface area (Å²) in [5.74, 6) is -3.47. The summed E-state index contributed by atoms with van der Waals surface area (Å²) in [7, 11) is 0. The van der Waals surface area contributed by atoms with Gasteiger partial charge >= 0.3 is 5.97 Å². The van der Waals surface area contributed by atoms with Gasteiger partial charge in [0.15, 0.2) is 11.6 Å². The highest BCUT2D eigenvalue weighted by Gasteiger charge is 2.17. The number of carboxylic acid groups (broad SMARTS) is 1. The van der Waals surface area contributed by atoms with E-state index in [1.807, 2.05) is 0 Å². The number of aromatic carboxylic acids is 1. The van der Waals surface area contributed by atoms with Gasteiger partial charge in [0.05, 0.1) is 5.56 Å². The number of nitrogens with zero attached hydrogens (tertiary/aromatic N) is 1. The Morgan fingerprint density at radius 1 is 1.28 bits per heavy atom. The summed E-state index contributed by atoms with van der Waals surface area (Å²) in [5, 5.41) is 8.97. The van der Waals surface area contributed by atoms with Crippen LogP contribution in [0.2, 0.25) is 5.15 Å². The summed E-state index contributed by atoms with van der Waals surface area (Å²) in [6.45, 7) is 0. The van der Waals surface area contributed by atoms with Gasteiger partial charge in [0, 0.05) is 17.3 Å². The molecular formula is C12H6ClF2NO2. The van der Waals surface area contributed by atoms with Crippen molar-refractivity contribution in [1.82, 2.24) is 4.98 Å². The van der Waals surface area contributed by atoms with Gasteiger partial charge in [0.25, 0.3) is 0 Å². The van der Waals surface area contributed by atoms with E-state index < -0.39 is 17.6 Å². The Balaban J connectivity index is 2.71. The minimum atomic E-state index is -1.29. The van der Waals surface area contributed by atoms with Crippen LogP contribution in [0.15, 0.2) is 30.5 Å². The molecule has 1 aromatic heterocycles. The first-order valence-electron chi connectivity index (χ1n) is 4.84. The first-order chi connectivity index (χ1) is 8.50. The Morgan fingerprint density at radius 2 is 2.00 bits per heavy atom. The van der Waals surface area contributed by atoms with Gasteiger partial charge in [-0.15, -0.1) is 0 Å². The third-order valence-electron chi connectivity index (χ3n) is 2.34. The molecular weight excluding hydrogens is 264 g/mol. The molecule has 0 radical (unpaired) electrons. The Bertz CT molecular complexity index is 631. The normalized spacial score (nSPS) is 10.4. The van der Waals surface area contributed by atoms with Crippen molar-refractivity contribution in [3.8, 4) is 11.1 Å². The molecule has 18 heavy (non-hydrogen) atoms. The molecule has 0 amide bonds. The molecule has 0 unspecified atom stereocenters. The van der Waals surface area contributed by atoms with E-state index in [4.69, 9.17) is 16.7 Å². The topological polar surface area (TPSA) is 50.2 Å². The number of pyridine rings is 1. The van der Waals surface area contributed by atoms with E-state index in [9.17, 15) is 13.6 Å². The summed E-state index contributed by atoms with van der Waals surface area (Å²) >= 11 is 5.58. The molecule has 1 N–H and O–H groups in total. The van der Waals surface area contributed by atoms with E-state index in [2.05, 4.69) is 4.98 Å². The molecule has 2 aromatic rings. The molecule has 0 aliphatic carbocycles. The average Bonchev–Trinajstić information content (AvgIpc) is 2.33. The molecule has 1 heterocycles. The standard InChI is InChI=1S/C12H6ClF2NO2/c13-10-4-7(12(17)18)8(5-16-10)6-2-1-3-9(14)11(6)15/h1-5H,(H,17,18). The van der Waals surface area contributed by atoms with E-state index in [-0.39, 0.29) is 21.8 Å². The maximum atomic E-state index is 13.6. The van der Waals surface area contributed by atoms with Crippen LogP contribution in [0.4, 0.5) is 8.78 Å². The first-order valence-corrected chi connectivity index (χ1v) is 5.21. The molecule has 0 atom stereocenters. The predicted octanol–water partition coefficient (Wildman–Crippen LogP) is 3.38. The SMILES string of the molecule is O=C(O)c1cc(Cl)ncc1-c1cccc(F)c1F. The van der Waals surface area contributed by atoms with Crippen molar-refractivity contribution < 1.29 is 18.7 Å². The predicted molar refractivity (Wildman–Crippen MR) is 61.6 cm³/mol. The van der Waals surface area contributed by atoms with E-state index in [1.165, 1.54) is 12.1 Å². The Morgan fingerprint density at radius 3 is 2.67 bits per heavy atom. The maximum Gasteiger partial charge on any atom is 0.336 e. The fourth-order valence-electron chi connectivity index (χ4n) is 1.53. The molecule has 0 bridgehead atoms. The lowest BCUT2D eigenvalue weighted by Gasteiger charge is -2.07. The highest BCUT2D eigenvalue weighted by molar-refractivity contribution is 6.29. The smallest absolute Gasteiger partial charge is 0.336 e. The van der Waals surface area contributed by atoms with Crippen LogP contribution in [0.5, 0.6) is 0 Å². The Hall–Kier alpha value is -2.01. The van der Waals surface area contributed by atoms with Crippen LogP contribution in [-0.2, 0) is 0 Å². The van der Waals surface area contributed by atoms with Crippen LogP contribution in [0.1, 0.15) is 10.4 Å². The summed E-state index contributed by atoms with van der Waals surface area (Å²) in [4.78, 5) is 14.7. The molecule has 3 nitrogen and oxygen atoms in total. The molecule has 0 aliphatic heterocycles. The summed E-state index contributed by atoms with van der Waals surface area (Å²) in [6, 6.07) is 4.59. The van der Waals surface area contributed by atoms with Gasteiger partial charge in [0.2, 0.25) is 0 Å². The lowest BCUT2D eigenvalue weighted by molar-refractivity contribution is 0.0697. The molecule has 0 saturated carbocycles. The molecule has 0 aliphatic rings. The zero-order valence-corrected chi connectivity index (χ0v) is 9.58. The maximum absolute atomic E-state index is 13.6. The van der Waals surface area contributed by atoms with Gasteiger partial charge in [0.1, 0.15) is 5.15 Å². The molecule has 0 saturated heterocycles. The number of benzene rings is 1. The van der Waals surface area contributed by atoms with E-state index in [0.29, 0.717) is 0 Å². The van der Waals surface area contributed by atoms with Crippen LogP contribution in [0.25, 0.3) is 11.1 Å². The molecule has 0 spiro atoms. The number of carbonyl (C=O) groups is 1. The Kier molecular flexibility index (Phi) is 3.25. The van der Waals surface area contributed by atoms with Crippen molar-refractivity contribution in [2.45, 2.75) is 0 Å². The van der Waals surface area contributed by atoms with Crippen LogP contribution in [0.3, 0.4) is 0 Å². The number of rotatable bonds is 2. The van der Waals surface area contributed by atoms with Crippen LogP contribution in [0, 0.1) is 11.6 Å². The zero-order valence-electron chi connectivity index (χ0n) is 8.82. The highest BCUT2D eigenvalue weighted by Crippen LogP contribution is 2.28. The number of hydrogen-bond acceptors (Lipinski definition) is 2. The van der Waals surface area contributed by atoms with Gasteiger partial charge in [-0.05, 0) is 12.1 Å². The number of hydrogen-bond donors (Lipinski definition) is 1. The minimum Gasteiger partial charge on any atom is -0.478 e. The fourth-order valence-corrected chi connectivity index (χ4v) is 1.69. The van der Waals surface area contributed by atoms with Gasteiger partial charge < -0.3 is 5.11 Å². The molecule has 92 valence electrons. The van der Waals surface area contributed by atoms with Gasteiger partial charge in [-0.1, -0.05) is 23.7 Å². The van der Waals surface area contributed by atoms with Gasteiger partial charge in [-0.3, -0.25) is 0 Å². The average molecular weight is 270 g/mol. The number of aromatic nitrogens is 1. The van der Waals surface area contributed by atoms with E-state index >= 15 is 0 Å². The van der Waals surface area contributed by atoms with E-state index in [1.54, 1.807) is 0 Å². The van der Waals surface area contributed by atoms with Gasteiger partial charge in [-0.25, -0.2) is 18.6 Å². The highest BCUT2D eigenvalue weighted by atomic mass is 35.5. The largest absolute Gasteiger partial charge is 0.478 e. The number of halogens is 3. The first kappa shape index (κ1) is 12.4. The van der Waals surface area contributed by atoms with Crippen LogP contribution in [-0.4, -0.2) is 16.1 Å². The summed E-state index contributed by atoms with van der Waals surface area (Å²) in [6.07, 6.45) is 1.10. The monoisotopic (exact) mass is 269 g/mol. The van der Waals surface area contributed by atoms with Crippen molar-refractivity contribution in [1.29, 1.82) is 0 Å². The number of carboxylic acids is 1. The summed E-state index contributed by atoms with van der Waals surface area (Å²) < 4.78 is 26.7. The molecule has 6 heteroatoms. The van der Waals surface area contributed by atoms with Crippen LogP contribution >= 0.6 is 11.6 Å². The second-order valence-electron chi connectivity index (χ2n) is 3.46. The molecule has 0 fully saturated rings. The second-order valence-corrected chi connectivity index (χ2v) is 3.85. The minimum absolute atomic E-state index is 0.0242. The lowest BCUT2D eigenvalue weighted by atomic mass is 10.0. The third-order valence-corrected chi connectivity index (χ3v) is 2.55. The van der Waals surface area contributed by atoms with Crippen molar-refractivity contribution in [3.05, 3.63) is 52.8 Å². The quantitative estimate of drug-likeness (QED) is 0.850. The molecule has 2 rings (SSSR count). The third kappa shape index (κ3) is 2.17. The second kappa shape index (κ2) is 4.70. The Labute approximate surface area is 106 Å². The van der Waals surface area contributed by atoms with Gasteiger partial charge in [-0.2, -0.15) is 0 Å². The summed E-state index contributed by atoms with van der Waals surface area (Å²) in [5.41, 5.74) is -0.431. The van der Waals surface area contributed by atoms with Crippen molar-refractivity contribution in [3.63, 3.8) is 0 Å². The van der Waals surface area contributed by atoms with E-state index in [0.717, 1.165) is 18.3 Å². The van der Waals surface area contributed by atoms with Crippen molar-refractivity contribution >= 4 is 17.6 Å². The van der Waals surface area contributed by atoms with Crippen molar-refractivity contribution in [2.24, 2.45) is 0 Å².